The maximum Gasteiger partial charge on any atom is 0.250 e. The molecule has 0 atom stereocenters. The van der Waals surface area contributed by atoms with Crippen molar-refractivity contribution in [3.63, 3.8) is 0 Å². The Morgan fingerprint density at radius 1 is 1.30 bits per heavy atom. The van der Waals surface area contributed by atoms with Crippen LogP contribution in [0.5, 0.6) is 0 Å². The van der Waals surface area contributed by atoms with Crippen molar-refractivity contribution >= 4 is 27.2 Å². The van der Waals surface area contributed by atoms with Gasteiger partial charge in [0.2, 0.25) is 10.0 Å². The molecule has 0 unspecified atom stereocenters. The van der Waals surface area contributed by atoms with Gasteiger partial charge in [-0.15, -0.1) is 11.3 Å². The van der Waals surface area contributed by atoms with Crippen LogP contribution >= 0.6 is 11.3 Å². The Balaban J connectivity index is 2.05. The predicted molar refractivity (Wildman–Crippen MR) is 77.3 cm³/mol. The molecule has 2 aromatic rings. The number of thiophene rings is 1. The quantitative estimate of drug-likeness (QED) is 0.335. The van der Waals surface area contributed by atoms with Crippen LogP contribution in [0.1, 0.15) is 11.1 Å². The fraction of sp³-hybridized carbons (Fsp3) is 0.0833. The van der Waals surface area contributed by atoms with E-state index in [1.54, 1.807) is 41.8 Å². The molecule has 0 radical (unpaired) electrons. The molecule has 0 saturated heterocycles. The highest BCUT2D eigenvalue weighted by Crippen LogP contribution is 2.15. The highest BCUT2D eigenvalue weighted by atomic mass is 32.2. The Labute approximate surface area is 120 Å². The van der Waals surface area contributed by atoms with E-state index in [1.807, 2.05) is 0 Å². The summed E-state index contributed by atoms with van der Waals surface area (Å²) in [5, 5.41) is 13.1. The number of nitrogens with one attached hydrogen (secondary N) is 1. The first-order valence-electron chi connectivity index (χ1n) is 5.63. The van der Waals surface area contributed by atoms with Gasteiger partial charge in [0.1, 0.15) is 4.21 Å². The van der Waals surface area contributed by atoms with E-state index in [4.69, 9.17) is 10.9 Å². The minimum Gasteiger partial charge on any atom is -0.409 e. The number of nitrogens with zero attached hydrogens (tertiary/aromatic N) is 1. The second-order valence-electron chi connectivity index (χ2n) is 3.94. The lowest BCUT2D eigenvalue weighted by atomic mass is 10.1. The lowest BCUT2D eigenvalue weighted by Gasteiger charge is -2.06. The van der Waals surface area contributed by atoms with Crippen molar-refractivity contribution in [1.29, 1.82) is 0 Å². The molecule has 0 aliphatic rings. The molecule has 1 heterocycles. The van der Waals surface area contributed by atoms with Gasteiger partial charge in [0.15, 0.2) is 5.84 Å². The normalized spacial score (nSPS) is 12.5. The zero-order chi connectivity index (χ0) is 14.6. The molecule has 4 N–H and O–H groups in total. The Morgan fingerprint density at radius 3 is 2.55 bits per heavy atom. The molecule has 0 spiro atoms. The smallest absolute Gasteiger partial charge is 0.250 e. The van der Waals surface area contributed by atoms with E-state index in [9.17, 15) is 8.42 Å². The molecule has 0 aliphatic heterocycles. The molecule has 0 aliphatic carbocycles. The van der Waals surface area contributed by atoms with Gasteiger partial charge in [0.25, 0.3) is 0 Å². The maximum absolute atomic E-state index is 11.9. The first-order chi connectivity index (χ1) is 9.53. The van der Waals surface area contributed by atoms with Gasteiger partial charge >= 0.3 is 0 Å². The van der Waals surface area contributed by atoms with Crippen molar-refractivity contribution in [3.05, 3.63) is 52.9 Å². The monoisotopic (exact) mass is 311 g/mol. The third-order valence-corrected chi connectivity index (χ3v) is 5.38. The van der Waals surface area contributed by atoms with Crippen molar-refractivity contribution in [1.82, 2.24) is 4.72 Å². The molecule has 8 heteroatoms. The molecule has 0 bridgehead atoms. The Morgan fingerprint density at radius 2 is 2.00 bits per heavy atom. The number of benzene rings is 1. The third kappa shape index (κ3) is 3.35. The van der Waals surface area contributed by atoms with Crippen LogP contribution in [-0.4, -0.2) is 19.5 Å². The topological polar surface area (TPSA) is 105 Å². The van der Waals surface area contributed by atoms with Crippen LogP contribution in [-0.2, 0) is 16.6 Å². The van der Waals surface area contributed by atoms with Crippen molar-refractivity contribution in [3.8, 4) is 0 Å². The fourth-order valence-electron chi connectivity index (χ4n) is 1.52. The van der Waals surface area contributed by atoms with Crippen LogP contribution in [0.25, 0.3) is 0 Å². The molecule has 0 amide bonds. The molecule has 0 saturated carbocycles. The summed E-state index contributed by atoms with van der Waals surface area (Å²) in [4.78, 5) is 0. The van der Waals surface area contributed by atoms with E-state index in [-0.39, 0.29) is 16.6 Å². The van der Waals surface area contributed by atoms with Crippen molar-refractivity contribution in [2.45, 2.75) is 10.8 Å². The summed E-state index contributed by atoms with van der Waals surface area (Å²) in [5.74, 6) is 0.00992. The highest BCUT2D eigenvalue weighted by molar-refractivity contribution is 7.91. The summed E-state index contributed by atoms with van der Waals surface area (Å²) in [6.07, 6.45) is 0. The van der Waals surface area contributed by atoms with Gasteiger partial charge in [-0.25, -0.2) is 13.1 Å². The predicted octanol–water partition coefficient (Wildman–Crippen LogP) is 1.32. The number of nitrogens with two attached hydrogens (primary N) is 1. The summed E-state index contributed by atoms with van der Waals surface area (Å²) in [6, 6.07) is 9.97. The van der Waals surface area contributed by atoms with Crippen LogP contribution < -0.4 is 10.5 Å². The Kier molecular flexibility index (Phi) is 4.38. The largest absolute Gasteiger partial charge is 0.409 e. The third-order valence-electron chi connectivity index (χ3n) is 2.58. The van der Waals surface area contributed by atoms with E-state index < -0.39 is 10.0 Å². The number of hydrogen-bond donors (Lipinski definition) is 3. The van der Waals surface area contributed by atoms with Crippen molar-refractivity contribution < 1.29 is 13.6 Å². The van der Waals surface area contributed by atoms with E-state index in [0.29, 0.717) is 5.56 Å². The van der Waals surface area contributed by atoms with Gasteiger partial charge in [-0.2, -0.15) is 0 Å². The second-order valence-corrected chi connectivity index (χ2v) is 6.88. The highest BCUT2D eigenvalue weighted by Gasteiger charge is 2.14. The zero-order valence-electron chi connectivity index (χ0n) is 10.4. The van der Waals surface area contributed by atoms with Gasteiger partial charge < -0.3 is 10.9 Å². The summed E-state index contributed by atoms with van der Waals surface area (Å²) in [6.45, 7) is 0.177. The number of sulfonamides is 1. The average molecular weight is 311 g/mol. The lowest BCUT2D eigenvalue weighted by molar-refractivity contribution is 0.318. The number of oxime groups is 1. The molecule has 106 valence electrons. The molecular weight excluding hydrogens is 298 g/mol. The van der Waals surface area contributed by atoms with E-state index in [2.05, 4.69) is 9.88 Å². The zero-order valence-corrected chi connectivity index (χ0v) is 12.0. The number of rotatable bonds is 5. The van der Waals surface area contributed by atoms with E-state index >= 15 is 0 Å². The fourth-order valence-corrected chi connectivity index (χ4v) is 3.57. The van der Waals surface area contributed by atoms with Gasteiger partial charge in [0.05, 0.1) is 0 Å². The Hall–Kier alpha value is -1.90. The van der Waals surface area contributed by atoms with Crippen LogP contribution in [0.4, 0.5) is 0 Å². The minimum absolute atomic E-state index is 0.00992. The van der Waals surface area contributed by atoms with Crippen LogP contribution in [0, 0.1) is 0 Å². The summed E-state index contributed by atoms with van der Waals surface area (Å²) >= 11 is 1.16. The van der Waals surface area contributed by atoms with Gasteiger partial charge in [0, 0.05) is 12.1 Å². The first-order valence-corrected chi connectivity index (χ1v) is 7.99. The molecular formula is C12H13N3O3S2. The van der Waals surface area contributed by atoms with Crippen LogP contribution in [0.15, 0.2) is 51.1 Å². The summed E-state index contributed by atoms with van der Waals surface area (Å²) in [5.41, 5.74) is 6.79. The van der Waals surface area contributed by atoms with Gasteiger partial charge in [-0.3, -0.25) is 0 Å². The van der Waals surface area contributed by atoms with E-state index in [1.165, 1.54) is 0 Å². The van der Waals surface area contributed by atoms with Crippen LogP contribution in [0.3, 0.4) is 0 Å². The van der Waals surface area contributed by atoms with E-state index in [0.717, 1.165) is 16.9 Å². The molecule has 6 nitrogen and oxygen atoms in total. The lowest BCUT2D eigenvalue weighted by Crippen LogP contribution is -2.22. The molecule has 1 aromatic heterocycles. The molecule has 1 aromatic carbocycles. The maximum atomic E-state index is 11.9. The van der Waals surface area contributed by atoms with Crippen LogP contribution in [0.2, 0.25) is 0 Å². The molecule has 0 fully saturated rings. The Bertz CT molecular complexity index is 692. The standard InChI is InChI=1S/C12H13N3O3S2/c13-12(15-16)10-5-3-9(4-6-10)8-14-20(17,18)11-2-1-7-19-11/h1-7,14,16H,8H2,(H2,13,15). The minimum atomic E-state index is -3.47. The summed E-state index contributed by atoms with van der Waals surface area (Å²) in [7, 11) is -3.47. The summed E-state index contributed by atoms with van der Waals surface area (Å²) < 4.78 is 26.6. The number of amidine groups is 1. The average Bonchev–Trinajstić information content (AvgIpc) is 3.00. The number of hydrogen-bond acceptors (Lipinski definition) is 5. The first kappa shape index (κ1) is 14.5. The van der Waals surface area contributed by atoms with Gasteiger partial charge in [-0.05, 0) is 17.0 Å². The molecule has 20 heavy (non-hydrogen) atoms. The van der Waals surface area contributed by atoms with Gasteiger partial charge in [-0.1, -0.05) is 35.5 Å². The molecule has 2 rings (SSSR count). The SMILES string of the molecule is NC(=NO)c1ccc(CNS(=O)(=O)c2cccs2)cc1. The van der Waals surface area contributed by atoms with Crippen molar-refractivity contribution in [2.75, 3.05) is 0 Å². The van der Waals surface area contributed by atoms with Crippen molar-refractivity contribution in [2.24, 2.45) is 10.9 Å². The second kappa shape index (κ2) is 6.04.